The number of nitrogens with zero attached hydrogens (tertiary/aromatic N) is 1. The van der Waals surface area contributed by atoms with E-state index in [1.165, 1.54) is 6.92 Å². The summed E-state index contributed by atoms with van der Waals surface area (Å²) in [6.45, 7) is 1.58. The van der Waals surface area contributed by atoms with Crippen molar-refractivity contribution >= 4 is 17.9 Å². The lowest BCUT2D eigenvalue weighted by Crippen LogP contribution is -2.19. The molecule has 0 saturated carbocycles. The molecule has 2 N–H and O–H groups in total. The molecule has 0 bridgehead atoms. The molecule has 27 heavy (non-hydrogen) atoms. The molecule has 0 saturated heterocycles. The predicted molar refractivity (Wildman–Crippen MR) is 96.9 cm³/mol. The van der Waals surface area contributed by atoms with Crippen LogP contribution < -0.4 is 5.32 Å². The van der Waals surface area contributed by atoms with Crippen LogP contribution in [0.1, 0.15) is 33.2 Å². The van der Waals surface area contributed by atoms with Crippen molar-refractivity contribution in [2.24, 2.45) is 0 Å². The first kappa shape index (κ1) is 16.8. The molecule has 4 rings (SSSR count). The molecule has 0 spiro atoms. The van der Waals surface area contributed by atoms with Crippen LogP contribution in [0.5, 0.6) is 0 Å². The number of ether oxygens (including phenoxy) is 1. The van der Waals surface area contributed by atoms with Crippen molar-refractivity contribution < 1.29 is 24.0 Å². The lowest BCUT2D eigenvalue weighted by Gasteiger charge is -2.14. The molecule has 3 aromatic rings. The Balaban J connectivity index is 1.51. The molecule has 7 nitrogen and oxygen atoms in total. The third-order valence-electron chi connectivity index (χ3n) is 4.64. The zero-order valence-corrected chi connectivity index (χ0v) is 14.4. The Morgan fingerprint density at radius 1 is 1.11 bits per heavy atom. The molecule has 0 fully saturated rings. The number of aryl methyl sites for hydroxylation is 1. The summed E-state index contributed by atoms with van der Waals surface area (Å²) in [7, 11) is 0. The topological polar surface area (TPSA) is 102 Å². The summed E-state index contributed by atoms with van der Waals surface area (Å²) in [6.07, 6.45) is -0.785. The Labute approximate surface area is 154 Å². The first-order valence-corrected chi connectivity index (χ1v) is 8.38. The van der Waals surface area contributed by atoms with Crippen molar-refractivity contribution in [3.05, 3.63) is 71.0 Å². The van der Waals surface area contributed by atoms with E-state index in [1.807, 2.05) is 48.5 Å². The number of carboxylic acids is 1. The molecular formula is C20H16N2O5. The van der Waals surface area contributed by atoms with Crippen molar-refractivity contribution in [2.45, 2.75) is 12.8 Å². The molecule has 7 heteroatoms. The van der Waals surface area contributed by atoms with Crippen molar-refractivity contribution in [1.29, 1.82) is 0 Å². The van der Waals surface area contributed by atoms with Crippen molar-refractivity contribution in [1.82, 2.24) is 5.16 Å². The highest BCUT2D eigenvalue weighted by molar-refractivity contribution is 5.98. The predicted octanol–water partition coefficient (Wildman–Crippen LogP) is 4.04. The number of carboxylic acid groups (broad SMARTS) is 1. The van der Waals surface area contributed by atoms with Crippen LogP contribution in [-0.4, -0.2) is 28.9 Å². The van der Waals surface area contributed by atoms with Gasteiger partial charge in [-0.25, -0.2) is 9.59 Å². The number of fused-ring (bicyclic) bond motifs is 3. The fourth-order valence-corrected chi connectivity index (χ4v) is 3.44. The van der Waals surface area contributed by atoms with Gasteiger partial charge in [-0.05, 0) is 29.2 Å². The molecule has 0 unspecified atom stereocenters. The zero-order chi connectivity index (χ0) is 19.0. The third kappa shape index (κ3) is 2.93. The number of aromatic nitrogens is 1. The number of hydrogen-bond acceptors (Lipinski definition) is 5. The number of carbonyl (C=O) groups is 2. The Kier molecular flexibility index (Phi) is 4.12. The maximum absolute atomic E-state index is 12.2. The number of rotatable bonds is 4. The molecule has 0 atom stereocenters. The van der Waals surface area contributed by atoms with Gasteiger partial charge in [0.05, 0.1) is 0 Å². The van der Waals surface area contributed by atoms with E-state index in [2.05, 4.69) is 10.5 Å². The minimum absolute atomic E-state index is 0.0823. The molecule has 1 aliphatic carbocycles. The van der Waals surface area contributed by atoms with Crippen LogP contribution in [0.2, 0.25) is 0 Å². The van der Waals surface area contributed by atoms with Crippen LogP contribution >= 0.6 is 0 Å². The van der Waals surface area contributed by atoms with Gasteiger partial charge in [0.2, 0.25) is 0 Å². The van der Waals surface area contributed by atoms with Gasteiger partial charge < -0.3 is 14.4 Å². The SMILES string of the molecule is Cc1onc(NC(=O)OCC2c3ccccc3-c3ccccc32)c1C(=O)O. The number of hydrogen-bond donors (Lipinski definition) is 2. The monoisotopic (exact) mass is 364 g/mol. The van der Waals surface area contributed by atoms with E-state index in [0.29, 0.717) is 0 Å². The Morgan fingerprint density at radius 2 is 1.70 bits per heavy atom. The van der Waals surface area contributed by atoms with Crippen LogP contribution in [0.25, 0.3) is 11.1 Å². The summed E-state index contributed by atoms with van der Waals surface area (Å²) in [6, 6.07) is 16.0. The van der Waals surface area contributed by atoms with Gasteiger partial charge in [0.15, 0.2) is 11.6 Å². The molecule has 0 radical (unpaired) electrons. The second kappa shape index (κ2) is 6.60. The summed E-state index contributed by atoms with van der Waals surface area (Å²) in [4.78, 5) is 23.4. The number of aromatic carboxylic acids is 1. The minimum atomic E-state index is -1.23. The van der Waals surface area contributed by atoms with Crippen molar-refractivity contribution in [3.63, 3.8) is 0 Å². The molecule has 1 aromatic heterocycles. The third-order valence-corrected chi connectivity index (χ3v) is 4.64. The van der Waals surface area contributed by atoms with E-state index in [4.69, 9.17) is 9.26 Å². The van der Waals surface area contributed by atoms with Gasteiger partial charge in [0, 0.05) is 5.92 Å². The van der Waals surface area contributed by atoms with E-state index in [-0.39, 0.29) is 29.7 Å². The van der Waals surface area contributed by atoms with E-state index in [0.717, 1.165) is 22.3 Å². The van der Waals surface area contributed by atoms with Gasteiger partial charge in [-0.2, -0.15) is 0 Å². The van der Waals surface area contributed by atoms with Crippen LogP contribution in [-0.2, 0) is 4.74 Å². The molecule has 136 valence electrons. The second-order valence-electron chi connectivity index (χ2n) is 6.22. The fraction of sp³-hybridized carbons (Fsp3) is 0.150. The zero-order valence-electron chi connectivity index (χ0n) is 14.4. The number of anilines is 1. The van der Waals surface area contributed by atoms with Gasteiger partial charge >= 0.3 is 12.1 Å². The summed E-state index contributed by atoms with van der Waals surface area (Å²) in [5, 5.41) is 15.1. The molecular weight excluding hydrogens is 348 g/mol. The maximum Gasteiger partial charge on any atom is 0.412 e. The summed E-state index contributed by atoms with van der Waals surface area (Å²) < 4.78 is 10.2. The van der Waals surface area contributed by atoms with Crippen LogP contribution in [0, 0.1) is 6.92 Å². The van der Waals surface area contributed by atoms with E-state index < -0.39 is 12.1 Å². The fourth-order valence-electron chi connectivity index (χ4n) is 3.44. The quantitative estimate of drug-likeness (QED) is 0.724. The first-order chi connectivity index (χ1) is 13.1. The van der Waals surface area contributed by atoms with Crippen molar-refractivity contribution in [3.8, 4) is 11.1 Å². The van der Waals surface area contributed by atoms with Gasteiger partial charge in [0.1, 0.15) is 12.2 Å². The van der Waals surface area contributed by atoms with E-state index in [9.17, 15) is 14.7 Å². The first-order valence-electron chi connectivity index (χ1n) is 8.38. The Morgan fingerprint density at radius 3 is 2.30 bits per heavy atom. The number of amides is 1. The van der Waals surface area contributed by atoms with Crippen LogP contribution in [0.4, 0.5) is 10.6 Å². The normalized spacial score (nSPS) is 12.3. The minimum Gasteiger partial charge on any atom is -0.477 e. The Bertz CT molecular complexity index is 995. The van der Waals surface area contributed by atoms with Crippen LogP contribution in [0.3, 0.4) is 0 Å². The lowest BCUT2D eigenvalue weighted by molar-refractivity contribution is 0.0696. The summed E-state index contributed by atoms with van der Waals surface area (Å²) in [5.74, 6) is -1.38. The van der Waals surface area contributed by atoms with E-state index >= 15 is 0 Å². The second-order valence-corrected chi connectivity index (χ2v) is 6.22. The van der Waals surface area contributed by atoms with Gasteiger partial charge in [-0.1, -0.05) is 53.7 Å². The molecule has 0 aliphatic heterocycles. The highest BCUT2D eigenvalue weighted by Crippen LogP contribution is 2.44. The standard InChI is InChI=1S/C20H16N2O5/c1-11-17(19(23)24)18(22-27-11)21-20(25)26-10-16-14-8-4-2-6-12(14)13-7-3-5-9-15(13)16/h2-9,16H,10H2,1H3,(H,23,24)(H,21,22,25). The molecule has 2 aromatic carbocycles. The maximum atomic E-state index is 12.2. The number of carbonyl (C=O) groups excluding carboxylic acids is 1. The van der Waals surface area contributed by atoms with E-state index in [1.54, 1.807) is 0 Å². The molecule has 1 amide bonds. The van der Waals surface area contributed by atoms with Crippen LogP contribution in [0.15, 0.2) is 53.1 Å². The Hall–Kier alpha value is -3.61. The number of benzene rings is 2. The molecule has 1 heterocycles. The molecule has 1 aliphatic rings. The highest BCUT2D eigenvalue weighted by atomic mass is 16.5. The average Bonchev–Trinajstić information content (AvgIpc) is 3.18. The van der Waals surface area contributed by atoms with Gasteiger partial charge in [-0.15, -0.1) is 0 Å². The largest absolute Gasteiger partial charge is 0.477 e. The highest BCUT2D eigenvalue weighted by Gasteiger charge is 2.29. The van der Waals surface area contributed by atoms with Gasteiger partial charge in [0.25, 0.3) is 0 Å². The summed E-state index contributed by atoms with van der Waals surface area (Å²) in [5.41, 5.74) is 4.25. The number of nitrogens with one attached hydrogen (secondary N) is 1. The summed E-state index contributed by atoms with van der Waals surface area (Å²) >= 11 is 0. The lowest BCUT2D eigenvalue weighted by atomic mass is 9.98. The smallest absolute Gasteiger partial charge is 0.412 e. The van der Waals surface area contributed by atoms with Crippen molar-refractivity contribution in [2.75, 3.05) is 11.9 Å². The average molecular weight is 364 g/mol. The van der Waals surface area contributed by atoms with Gasteiger partial charge in [-0.3, -0.25) is 5.32 Å².